The molecule has 29 heavy (non-hydrogen) atoms. The zero-order valence-corrected chi connectivity index (χ0v) is 16.9. The topological polar surface area (TPSA) is 76.5 Å². The van der Waals surface area contributed by atoms with E-state index in [1.54, 1.807) is 6.07 Å². The summed E-state index contributed by atoms with van der Waals surface area (Å²) in [5.41, 5.74) is 1.18. The number of aromatic nitrogens is 2. The van der Waals surface area contributed by atoms with Crippen LogP contribution in [0.1, 0.15) is 12.0 Å². The molecule has 4 rings (SSSR count). The van der Waals surface area contributed by atoms with Crippen molar-refractivity contribution in [3.8, 4) is 0 Å². The fourth-order valence-electron chi connectivity index (χ4n) is 3.48. The van der Waals surface area contributed by atoms with E-state index < -0.39 is 0 Å². The van der Waals surface area contributed by atoms with Crippen LogP contribution < -0.4 is 10.9 Å². The number of carbonyl (C=O) groups is 1. The van der Waals surface area contributed by atoms with E-state index in [2.05, 4.69) is 27.3 Å². The van der Waals surface area contributed by atoms with Gasteiger partial charge in [0.15, 0.2) is 0 Å². The van der Waals surface area contributed by atoms with E-state index in [0.717, 1.165) is 24.5 Å². The third-order valence-corrected chi connectivity index (χ3v) is 5.85. The van der Waals surface area contributed by atoms with E-state index >= 15 is 0 Å². The normalized spacial score (nSPS) is 17.4. The van der Waals surface area contributed by atoms with Crippen LogP contribution in [-0.2, 0) is 22.6 Å². The minimum atomic E-state index is -0.101. The molecule has 0 aliphatic carbocycles. The maximum atomic E-state index is 12.4. The van der Waals surface area contributed by atoms with Gasteiger partial charge in [-0.05, 0) is 17.0 Å². The van der Waals surface area contributed by atoms with E-state index in [9.17, 15) is 9.59 Å². The Labute approximate surface area is 172 Å². The van der Waals surface area contributed by atoms with Crippen LogP contribution in [-0.4, -0.2) is 52.7 Å². The minimum absolute atomic E-state index is 0.0250. The number of benzene rings is 1. The lowest BCUT2D eigenvalue weighted by atomic mass is 10.2. The molecular weight excluding hydrogens is 388 g/mol. The standard InChI is InChI=1S/C21H24N4O3S/c26-19(6-8-25-15-23-20-18(21(25)27)7-11-29-20)22-12-17-14-24(9-10-28-17)13-16-4-2-1-3-5-16/h1-5,7,11,15,17H,6,8-10,12-14H2,(H,22,26). The largest absolute Gasteiger partial charge is 0.374 e. The molecule has 7 nitrogen and oxygen atoms in total. The molecule has 0 saturated carbocycles. The molecule has 3 aromatic rings. The minimum Gasteiger partial charge on any atom is -0.374 e. The van der Waals surface area contributed by atoms with Crippen LogP contribution in [0.25, 0.3) is 10.2 Å². The quantitative estimate of drug-likeness (QED) is 0.641. The number of nitrogens with zero attached hydrogens (tertiary/aromatic N) is 3. The summed E-state index contributed by atoms with van der Waals surface area (Å²) >= 11 is 1.44. The third-order valence-electron chi connectivity index (χ3n) is 5.03. The van der Waals surface area contributed by atoms with Crippen molar-refractivity contribution in [1.82, 2.24) is 19.8 Å². The summed E-state index contributed by atoms with van der Waals surface area (Å²) in [5, 5.41) is 5.39. The highest BCUT2D eigenvalue weighted by molar-refractivity contribution is 7.16. The van der Waals surface area contributed by atoms with Crippen LogP contribution in [0, 0.1) is 0 Å². The Hall–Kier alpha value is -2.55. The number of fused-ring (bicyclic) bond motifs is 1. The second kappa shape index (κ2) is 9.30. The molecule has 1 aliphatic heterocycles. The van der Waals surface area contributed by atoms with Gasteiger partial charge in [-0.1, -0.05) is 30.3 Å². The van der Waals surface area contributed by atoms with Crippen molar-refractivity contribution in [1.29, 1.82) is 0 Å². The summed E-state index contributed by atoms with van der Waals surface area (Å²) < 4.78 is 7.29. The number of nitrogens with one attached hydrogen (secondary N) is 1. The van der Waals surface area contributed by atoms with Crippen molar-refractivity contribution in [2.45, 2.75) is 25.6 Å². The number of rotatable bonds is 7. The van der Waals surface area contributed by atoms with Gasteiger partial charge < -0.3 is 10.1 Å². The number of ether oxygens (including phenoxy) is 1. The van der Waals surface area contributed by atoms with Gasteiger partial charge >= 0.3 is 0 Å². The maximum absolute atomic E-state index is 12.4. The lowest BCUT2D eigenvalue weighted by Crippen LogP contribution is -2.47. The van der Waals surface area contributed by atoms with Crippen LogP contribution in [0.4, 0.5) is 0 Å². The summed E-state index contributed by atoms with van der Waals surface area (Å²) in [4.78, 5) is 31.9. The average Bonchev–Trinajstić information content (AvgIpc) is 3.23. The summed E-state index contributed by atoms with van der Waals surface area (Å²) in [6.45, 7) is 4.01. The van der Waals surface area contributed by atoms with Crippen molar-refractivity contribution >= 4 is 27.5 Å². The molecule has 1 aromatic carbocycles. The maximum Gasteiger partial charge on any atom is 0.262 e. The predicted octanol–water partition coefficient (Wildman–Crippen LogP) is 1.87. The third kappa shape index (κ3) is 5.09. The first-order valence-corrected chi connectivity index (χ1v) is 10.6. The molecule has 0 spiro atoms. The zero-order valence-electron chi connectivity index (χ0n) is 16.1. The van der Waals surface area contributed by atoms with Crippen LogP contribution in [0.15, 0.2) is 52.9 Å². The van der Waals surface area contributed by atoms with Crippen LogP contribution in [0.5, 0.6) is 0 Å². The van der Waals surface area contributed by atoms with Gasteiger partial charge in [0.1, 0.15) is 4.83 Å². The lowest BCUT2D eigenvalue weighted by Gasteiger charge is -2.33. The Morgan fingerprint density at radius 3 is 3.00 bits per heavy atom. The Morgan fingerprint density at radius 1 is 1.28 bits per heavy atom. The van der Waals surface area contributed by atoms with Gasteiger partial charge in [-0.15, -0.1) is 11.3 Å². The first kappa shape index (κ1) is 19.8. The molecule has 1 atom stereocenters. The van der Waals surface area contributed by atoms with E-state index in [0.29, 0.717) is 25.1 Å². The number of amides is 1. The fraction of sp³-hybridized carbons (Fsp3) is 0.381. The number of thiophene rings is 1. The first-order valence-electron chi connectivity index (χ1n) is 9.76. The Bertz CT molecular complexity index is 1020. The average molecular weight is 413 g/mol. The zero-order chi connectivity index (χ0) is 20.1. The number of hydrogen-bond donors (Lipinski definition) is 1. The second-order valence-corrected chi connectivity index (χ2v) is 8.04. The van der Waals surface area contributed by atoms with Gasteiger partial charge in [-0.3, -0.25) is 19.1 Å². The number of carbonyl (C=O) groups excluding carboxylic acids is 1. The summed E-state index contributed by atoms with van der Waals surface area (Å²) in [6, 6.07) is 12.1. The smallest absolute Gasteiger partial charge is 0.262 e. The first-order chi connectivity index (χ1) is 14.2. The van der Waals surface area contributed by atoms with Crippen molar-refractivity contribution in [3.05, 3.63) is 64.0 Å². The van der Waals surface area contributed by atoms with Gasteiger partial charge in [-0.25, -0.2) is 4.98 Å². The van der Waals surface area contributed by atoms with Gasteiger partial charge in [0, 0.05) is 39.1 Å². The highest BCUT2D eigenvalue weighted by Crippen LogP contribution is 2.13. The van der Waals surface area contributed by atoms with Crippen molar-refractivity contribution in [2.24, 2.45) is 0 Å². The van der Waals surface area contributed by atoms with Gasteiger partial charge in [0.25, 0.3) is 5.56 Å². The van der Waals surface area contributed by atoms with Crippen LogP contribution >= 0.6 is 11.3 Å². The molecule has 1 amide bonds. The van der Waals surface area contributed by atoms with Crippen LogP contribution in [0.2, 0.25) is 0 Å². The summed E-state index contributed by atoms with van der Waals surface area (Å²) in [5.74, 6) is -0.0916. The molecule has 152 valence electrons. The number of hydrogen-bond acceptors (Lipinski definition) is 6. The molecule has 1 unspecified atom stereocenters. The SMILES string of the molecule is O=C(CCn1cnc2sccc2c1=O)NCC1CN(Cc2ccccc2)CCO1. The Morgan fingerprint density at radius 2 is 2.14 bits per heavy atom. The molecule has 1 saturated heterocycles. The molecule has 3 heterocycles. The van der Waals surface area contributed by atoms with Crippen molar-refractivity contribution < 1.29 is 9.53 Å². The van der Waals surface area contributed by atoms with Gasteiger partial charge in [-0.2, -0.15) is 0 Å². The highest BCUT2D eigenvalue weighted by Gasteiger charge is 2.21. The number of morpholine rings is 1. The van der Waals surface area contributed by atoms with E-state index in [4.69, 9.17) is 4.74 Å². The molecule has 8 heteroatoms. The fourth-order valence-corrected chi connectivity index (χ4v) is 4.20. The van der Waals surface area contributed by atoms with Crippen molar-refractivity contribution in [2.75, 3.05) is 26.2 Å². The predicted molar refractivity (Wildman–Crippen MR) is 113 cm³/mol. The molecule has 1 aliphatic rings. The molecule has 2 aromatic heterocycles. The molecular formula is C21H24N4O3S. The van der Waals surface area contributed by atoms with E-state index in [1.165, 1.54) is 27.8 Å². The van der Waals surface area contributed by atoms with Crippen LogP contribution in [0.3, 0.4) is 0 Å². The summed E-state index contributed by atoms with van der Waals surface area (Å²) in [7, 11) is 0. The molecule has 1 fully saturated rings. The molecule has 0 bridgehead atoms. The summed E-state index contributed by atoms with van der Waals surface area (Å²) in [6.07, 6.45) is 1.72. The van der Waals surface area contributed by atoms with Gasteiger partial charge in [0.2, 0.25) is 5.91 Å². The Kier molecular flexibility index (Phi) is 6.33. The van der Waals surface area contributed by atoms with E-state index in [-0.39, 0.29) is 24.0 Å². The van der Waals surface area contributed by atoms with E-state index in [1.807, 2.05) is 23.6 Å². The lowest BCUT2D eigenvalue weighted by molar-refractivity contribution is -0.122. The molecule has 1 N–H and O–H groups in total. The monoisotopic (exact) mass is 412 g/mol. The van der Waals surface area contributed by atoms with Gasteiger partial charge in [0.05, 0.1) is 24.4 Å². The second-order valence-electron chi connectivity index (χ2n) is 7.15. The molecule has 0 radical (unpaired) electrons. The van der Waals surface area contributed by atoms with Crippen molar-refractivity contribution in [3.63, 3.8) is 0 Å². The highest BCUT2D eigenvalue weighted by atomic mass is 32.1. The Balaban J connectivity index is 1.23. The number of aryl methyl sites for hydroxylation is 1.